The van der Waals surface area contributed by atoms with Crippen molar-refractivity contribution in [3.05, 3.63) is 53.9 Å². The molecule has 126 valence electrons. The predicted molar refractivity (Wildman–Crippen MR) is 90.1 cm³/mol. The summed E-state index contributed by atoms with van der Waals surface area (Å²) >= 11 is 0. The maximum Gasteiger partial charge on any atom is 0.244 e. The van der Waals surface area contributed by atoms with Gasteiger partial charge in [-0.05, 0) is 18.1 Å². The smallest absolute Gasteiger partial charge is 0.244 e. The van der Waals surface area contributed by atoms with Crippen LogP contribution in [-0.4, -0.2) is 51.0 Å². The van der Waals surface area contributed by atoms with Gasteiger partial charge in [0, 0.05) is 32.8 Å². The van der Waals surface area contributed by atoms with Crippen molar-refractivity contribution < 1.29 is 9.59 Å². The van der Waals surface area contributed by atoms with Gasteiger partial charge in [0.2, 0.25) is 11.8 Å². The number of rotatable bonds is 3. The average molecular weight is 326 g/mol. The highest BCUT2D eigenvalue weighted by molar-refractivity contribution is 5.78. The van der Waals surface area contributed by atoms with E-state index >= 15 is 0 Å². The molecular formula is C18H22N4O2. The molecule has 0 aliphatic carbocycles. The van der Waals surface area contributed by atoms with E-state index in [1.165, 1.54) is 0 Å². The molecule has 1 fully saturated rings. The topological polar surface area (TPSA) is 58.4 Å². The minimum absolute atomic E-state index is 0.0233. The maximum atomic E-state index is 12.8. The van der Waals surface area contributed by atoms with Crippen LogP contribution >= 0.6 is 0 Å². The third kappa shape index (κ3) is 3.48. The molecule has 6 heteroatoms. The largest absolute Gasteiger partial charge is 0.339 e. The van der Waals surface area contributed by atoms with Crippen molar-refractivity contribution in [1.29, 1.82) is 0 Å². The SMILES string of the molecule is CC(=O)N1CCN(C(=O)Cn2cc(C)cn2)C(c2ccccc2)C1. The number of benzene rings is 1. The van der Waals surface area contributed by atoms with Gasteiger partial charge in [0.25, 0.3) is 0 Å². The minimum Gasteiger partial charge on any atom is -0.339 e. The van der Waals surface area contributed by atoms with E-state index in [1.807, 2.05) is 48.4 Å². The molecule has 2 heterocycles. The number of hydrogen-bond acceptors (Lipinski definition) is 3. The molecule has 2 aromatic rings. The summed E-state index contributed by atoms with van der Waals surface area (Å²) in [7, 11) is 0. The number of amides is 2. The minimum atomic E-state index is -0.118. The second kappa shape index (κ2) is 6.86. The summed E-state index contributed by atoms with van der Waals surface area (Å²) in [4.78, 5) is 28.2. The first-order chi connectivity index (χ1) is 11.5. The van der Waals surface area contributed by atoms with Gasteiger partial charge in [-0.3, -0.25) is 14.3 Å². The van der Waals surface area contributed by atoms with Crippen LogP contribution in [0.5, 0.6) is 0 Å². The van der Waals surface area contributed by atoms with E-state index in [4.69, 9.17) is 0 Å². The van der Waals surface area contributed by atoms with Crippen LogP contribution in [0.3, 0.4) is 0 Å². The second-order valence-corrected chi connectivity index (χ2v) is 6.19. The molecule has 0 spiro atoms. The zero-order valence-electron chi connectivity index (χ0n) is 14.1. The monoisotopic (exact) mass is 326 g/mol. The summed E-state index contributed by atoms with van der Waals surface area (Å²) in [5, 5.41) is 4.20. The van der Waals surface area contributed by atoms with Crippen LogP contribution in [0.15, 0.2) is 42.7 Å². The van der Waals surface area contributed by atoms with E-state index in [0.29, 0.717) is 19.6 Å². The number of aromatic nitrogens is 2. The Morgan fingerprint density at radius 2 is 1.96 bits per heavy atom. The molecule has 1 unspecified atom stereocenters. The standard InChI is InChI=1S/C18H22N4O2/c1-14-10-19-21(11-14)13-18(24)22-9-8-20(15(2)23)12-17(22)16-6-4-3-5-7-16/h3-7,10-11,17H,8-9,12-13H2,1-2H3. The van der Waals surface area contributed by atoms with Crippen molar-refractivity contribution in [2.24, 2.45) is 0 Å². The van der Waals surface area contributed by atoms with Crippen molar-refractivity contribution >= 4 is 11.8 Å². The molecule has 2 amide bonds. The van der Waals surface area contributed by atoms with Crippen LogP contribution in [0.4, 0.5) is 0 Å². The fourth-order valence-electron chi connectivity index (χ4n) is 3.11. The van der Waals surface area contributed by atoms with Crippen molar-refractivity contribution in [1.82, 2.24) is 19.6 Å². The number of aryl methyl sites for hydroxylation is 1. The van der Waals surface area contributed by atoms with Crippen LogP contribution < -0.4 is 0 Å². The lowest BCUT2D eigenvalue weighted by Gasteiger charge is -2.41. The molecular weight excluding hydrogens is 304 g/mol. The summed E-state index contributed by atoms with van der Waals surface area (Å²) in [6.07, 6.45) is 3.61. The second-order valence-electron chi connectivity index (χ2n) is 6.19. The third-order valence-electron chi connectivity index (χ3n) is 4.39. The van der Waals surface area contributed by atoms with Gasteiger partial charge in [-0.25, -0.2) is 0 Å². The first kappa shape index (κ1) is 16.2. The van der Waals surface area contributed by atoms with Gasteiger partial charge in [-0.2, -0.15) is 5.10 Å². The fraction of sp³-hybridized carbons (Fsp3) is 0.389. The zero-order valence-corrected chi connectivity index (χ0v) is 14.1. The number of carbonyl (C=O) groups excluding carboxylic acids is 2. The highest BCUT2D eigenvalue weighted by atomic mass is 16.2. The van der Waals surface area contributed by atoms with Crippen molar-refractivity contribution in [2.75, 3.05) is 19.6 Å². The lowest BCUT2D eigenvalue weighted by Crippen LogP contribution is -2.52. The van der Waals surface area contributed by atoms with E-state index in [1.54, 1.807) is 22.7 Å². The fourth-order valence-corrected chi connectivity index (χ4v) is 3.11. The number of hydrogen-bond donors (Lipinski definition) is 0. The summed E-state index contributed by atoms with van der Waals surface area (Å²) in [6.45, 7) is 5.39. The third-order valence-corrected chi connectivity index (χ3v) is 4.39. The van der Waals surface area contributed by atoms with Crippen LogP contribution in [0.25, 0.3) is 0 Å². The van der Waals surface area contributed by atoms with E-state index in [9.17, 15) is 9.59 Å². The van der Waals surface area contributed by atoms with Gasteiger partial charge in [0.05, 0.1) is 12.2 Å². The molecule has 0 N–H and O–H groups in total. The molecule has 24 heavy (non-hydrogen) atoms. The predicted octanol–water partition coefficient (Wildman–Crippen LogP) is 1.62. The highest BCUT2D eigenvalue weighted by Crippen LogP contribution is 2.25. The van der Waals surface area contributed by atoms with Crippen LogP contribution in [0, 0.1) is 6.92 Å². The first-order valence-corrected chi connectivity index (χ1v) is 8.13. The van der Waals surface area contributed by atoms with Crippen LogP contribution in [0.1, 0.15) is 24.1 Å². The van der Waals surface area contributed by atoms with Gasteiger partial charge in [0.15, 0.2) is 0 Å². The summed E-state index contributed by atoms with van der Waals surface area (Å²) < 4.78 is 1.66. The maximum absolute atomic E-state index is 12.8. The summed E-state index contributed by atoms with van der Waals surface area (Å²) in [6, 6.07) is 9.77. The molecule has 0 saturated carbocycles. The zero-order chi connectivity index (χ0) is 17.1. The molecule has 1 aromatic carbocycles. The molecule has 0 bridgehead atoms. The normalized spacial score (nSPS) is 17.8. The van der Waals surface area contributed by atoms with E-state index in [0.717, 1.165) is 11.1 Å². The van der Waals surface area contributed by atoms with E-state index < -0.39 is 0 Å². The quantitative estimate of drug-likeness (QED) is 0.861. The lowest BCUT2D eigenvalue weighted by atomic mass is 10.0. The molecule has 1 aliphatic rings. The Bertz CT molecular complexity index is 726. The van der Waals surface area contributed by atoms with Gasteiger partial charge in [0.1, 0.15) is 6.54 Å². The molecule has 1 aliphatic heterocycles. The molecule has 0 radical (unpaired) electrons. The summed E-state index contributed by atoms with van der Waals surface area (Å²) in [5.74, 6) is 0.0703. The van der Waals surface area contributed by atoms with E-state index in [-0.39, 0.29) is 24.4 Å². The number of carbonyl (C=O) groups is 2. The number of nitrogens with zero attached hydrogens (tertiary/aromatic N) is 4. The summed E-state index contributed by atoms with van der Waals surface area (Å²) in [5.41, 5.74) is 2.08. The van der Waals surface area contributed by atoms with Gasteiger partial charge in [-0.15, -0.1) is 0 Å². The van der Waals surface area contributed by atoms with E-state index in [2.05, 4.69) is 5.10 Å². The highest BCUT2D eigenvalue weighted by Gasteiger charge is 2.32. The molecule has 1 aromatic heterocycles. The molecule has 1 atom stereocenters. The Labute approximate surface area is 141 Å². The Morgan fingerprint density at radius 1 is 1.21 bits per heavy atom. The van der Waals surface area contributed by atoms with Crippen molar-refractivity contribution in [3.63, 3.8) is 0 Å². The van der Waals surface area contributed by atoms with Crippen molar-refractivity contribution in [3.8, 4) is 0 Å². The van der Waals surface area contributed by atoms with Gasteiger partial charge >= 0.3 is 0 Å². The Balaban J connectivity index is 1.81. The Hall–Kier alpha value is -2.63. The molecule has 3 rings (SSSR count). The van der Waals surface area contributed by atoms with Gasteiger partial charge < -0.3 is 9.80 Å². The van der Waals surface area contributed by atoms with Crippen LogP contribution in [0.2, 0.25) is 0 Å². The molecule has 6 nitrogen and oxygen atoms in total. The number of piperazine rings is 1. The van der Waals surface area contributed by atoms with Crippen LogP contribution in [-0.2, 0) is 16.1 Å². The van der Waals surface area contributed by atoms with Crippen molar-refractivity contribution in [2.45, 2.75) is 26.4 Å². The Kier molecular flexibility index (Phi) is 4.64. The Morgan fingerprint density at radius 3 is 2.58 bits per heavy atom. The van der Waals surface area contributed by atoms with Gasteiger partial charge in [-0.1, -0.05) is 30.3 Å². The average Bonchev–Trinajstić information content (AvgIpc) is 3.00. The first-order valence-electron chi connectivity index (χ1n) is 8.13. The lowest BCUT2D eigenvalue weighted by molar-refractivity contribution is -0.142. The molecule has 1 saturated heterocycles.